The maximum absolute atomic E-state index is 13.0. The summed E-state index contributed by atoms with van der Waals surface area (Å²) in [6, 6.07) is 10.1. The summed E-state index contributed by atoms with van der Waals surface area (Å²) in [6.45, 7) is 1.29. The molecule has 2 N–H and O–H groups in total. The van der Waals surface area contributed by atoms with Crippen LogP contribution in [0.3, 0.4) is 0 Å². The van der Waals surface area contributed by atoms with Gasteiger partial charge in [0.2, 0.25) is 11.8 Å². The Balaban J connectivity index is 2.10. The highest BCUT2D eigenvalue weighted by Gasteiger charge is 2.20. The summed E-state index contributed by atoms with van der Waals surface area (Å²) in [5.41, 5.74) is 0.951. The van der Waals surface area contributed by atoms with Crippen LogP contribution >= 0.6 is 0 Å². The number of nitrogens with zero attached hydrogens (tertiary/aromatic N) is 1. The van der Waals surface area contributed by atoms with E-state index in [2.05, 4.69) is 10.6 Å². The van der Waals surface area contributed by atoms with Gasteiger partial charge in [0.05, 0.1) is 4.92 Å². The van der Waals surface area contributed by atoms with Crippen molar-refractivity contribution in [1.29, 1.82) is 0 Å². The monoisotopic (exact) mass is 345 g/mol. The number of hydrogen-bond acceptors (Lipinski definition) is 4. The van der Waals surface area contributed by atoms with Crippen molar-refractivity contribution in [3.05, 3.63) is 70.0 Å². The zero-order chi connectivity index (χ0) is 18.4. The number of hydrogen-bond donors (Lipinski definition) is 2. The molecule has 0 aliphatic carbocycles. The molecule has 0 aliphatic heterocycles. The first kappa shape index (κ1) is 18.1. The Bertz CT molecular complexity index is 775. The highest BCUT2D eigenvalue weighted by Crippen LogP contribution is 2.16. The molecular weight excluding hydrogens is 329 g/mol. The normalized spacial score (nSPS) is 11.4. The molecule has 0 spiro atoms. The summed E-state index contributed by atoms with van der Waals surface area (Å²) in [5.74, 6) is -1.26. The quantitative estimate of drug-likeness (QED) is 0.620. The van der Waals surface area contributed by atoms with Gasteiger partial charge < -0.3 is 10.6 Å². The van der Waals surface area contributed by atoms with Crippen LogP contribution in [0.2, 0.25) is 0 Å². The molecule has 2 aromatic rings. The van der Waals surface area contributed by atoms with Crippen LogP contribution in [-0.2, 0) is 16.0 Å². The molecule has 1 unspecified atom stereocenters. The molecule has 0 bridgehead atoms. The number of benzene rings is 2. The smallest absolute Gasteiger partial charge is 0.269 e. The first-order chi connectivity index (χ1) is 11.8. The largest absolute Gasteiger partial charge is 0.344 e. The van der Waals surface area contributed by atoms with Crippen LogP contribution in [0.4, 0.5) is 15.8 Å². The number of nitro groups is 1. The second-order valence-corrected chi connectivity index (χ2v) is 5.38. The third-order valence-corrected chi connectivity index (χ3v) is 3.39. The van der Waals surface area contributed by atoms with Gasteiger partial charge >= 0.3 is 0 Å². The molecule has 0 aliphatic rings. The van der Waals surface area contributed by atoms with Crippen LogP contribution in [0.5, 0.6) is 0 Å². The molecule has 2 rings (SSSR count). The van der Waals surface area contributed by atoms with Crippen LogP contribution in [0.1, 0.15) is 12.5 Å². The van der Waals surface area contributed by atoms with E-state index in [4.69, 9.17) is 0 Å². The van der Waals surface area contributed by atoms with Crippen molar-refractivity contribution >= 4 is 23.2 Å². The van der Waals surface area contributed by atoms with Gasteiger partial charge in [0, 0.05) is 31.2 Å². The minimum absolute atomic E-state index is 0.0947. The standard InChI is InChI=1S/C17H16FN3O4/c1-11(22)19-16(10-12-2-4-13(18)5-3-12)17(23)20-14-6-8-15(9-7-14)21(24)25/h2-9,16H,10H2,1H3,(H,19,22)(H,20,23). The lowest BCUT2D eigenvalue weighted by atomic mass is 10.0. The van der Waals surface area contributed by atoms with E-state index in [-0.39, 0.29) is 18.0 Å². The molecule has 0 aromatic heterocycles. The average molecular weight is 345 g/mol. The molecule has 130 valence electrons. The maximum atomic E-state index is 13.0. The number of carbonyl (C=O) groups is 2. The summed E-state index contributed by atoms with van der Waals surface area (Å²) in [5, 5.41) is 15.8. The first-order valence-electron chi connectivity index (χ1n) is 7.42. The second-order valence-electron chi connectivity index (χ2n) is 5.38. The molecule has 8 heteroatoms. The molecule has 1 atom stereocenters. The highest BCUT2D eigenvalue weighted by atomic mass is 19.1. The van der Waals surface area contributed by atoms with Crippen LogP contribution in [0.15, 0.2) is 48.5 Å². The topological polar surface area (TPSA) is 101 Å². The second kappa shape index (κ2) is 8.00. The molecule has 25 heavy (non-hydrogen) atoms. The number of amides is 2. The van der Waals surface area contributed by atoms with Gasteiger partial charge in [0.15, 0.2) is 0 Å². The predicted octanol–water partition coefficient (Wildman–Crippen LogP) is 2.42. The molecule has 7 nitrogen and oxygen atoms in total. The van der Waals surface area contributed by atoms with E-state index in [1.54, 1.807) is 0 Å². The van der Waals surface area contributed by atoms with Crippen LogP contribution in [-0.4, -0.2) is 22.8 Å². The van der Waals surface area contributed by atoms with Gasteiger partial charge in [-0.2, -0.15) is 0 Å². The Morgan fingerprint density at radius 1 is 1.12 bits per heavy atom. The molecule has 0 radical (unpaired) electrons. The number of anilines is 1. The van der Waals surface area contributed by atoms with Gasteiger partial charge in [0.1, 0.15) is 11.9 Å². The van der Waals surface area contributed by atoms with E-state index >= 15 is 0 Å². The molecular formula is C17H16FN3O4. The number of rotatable bonds is 6. The van der Waals surface area contributed by atoms with Gasteiger partial charge in [0.25, 0.3) is 5.69 Å². The SMILES string of the molecule is CC(=O)NC(Cc1ccc(F)cc1)C(=O)Nc1ccc([N+](=O)[O-])cc1. The fourth-order valence-electron chi connectivity index (χ4n) is 2.21. The maximum Gasteiger partial charge on any atom is 0.269 e. The summed E-state index contributed by atoms with van der Waals surface area (Å²) in [7, 11) is 0. The van der Waals surface area contributed by atoms with E-state index in [0.29, 0.717) is 11.3 Å². The first-order valence-corrected chi connectivity index (χ1v) is 7.42. The molecule has 2 aromatic carbocycles. The fourth-order valence-corrected chi connectivity index (χ4v) is 2.21. The third kappa shape index (κ3) is 5.38. The summed E-state index contributed by atoms with van der Waals surface area (Å²) in [6.07, 6.45) is 0.179. The van der Waals surface area contributed by atoms with Crippen molar-refractivity contribution in [3.63, 3.8) is 0 Å². The number of nitrogens with one attached hydrogen (secondary N) is 2. The Morgan fingerprint density at radius 2 is 1.72 bits per heavy atom. The number of carbonyl (C=O) groups excluding carboxylic acids is 2. The molecule has 0 saturated heterocycles. The lowest BCUT2D eigenvalue weighted by Crippen LogP contribution is -2.44. The van der Waals surface area contributed by atoms with E-state index in [1.807, 2.05) is 0 Å². The minimum Gasteiger partial charge on any atom is -0.344 e. The zero-order valence-electron chi connectivity index (χ0n) is 13.4. The van der Waals surface area contributed by atoms with Crippen LogP contribution in [0.25, 0.3) is 0 Å². The molecule has 0 heterocycles. The van der Waals surface area contributed by atoms with Gasteiger partial charge in [-0.15, -0.1) is 0 Å². The van der Waals surface area contributed by atoms with Crippen molar-refractivity contribution in [2.75, 3.05) is 5.32 Å². The molecule has 0 saturated carbocycles. The summed E-state index contributed by atoms with van der Waals surface area (Å²) in [4.78, 5) is 33.8. The van der Waals surface area contributed by atoms with E-state index in [1.165, 1.54) is 55.5 Å². The molecule has 2 amide bonds. The van der Waals surface area contributed by atoms with Crippen molar-refractivity contribution in [1.82, 2.24) is 5.32 Å². The fraction of sp³-hybridized carbons (Fsp3) is 0.176. The zero-order valence-corrected chi connectivity index (χ0v) is 13.4. The summed E-state index contributed by atoms with van der Waals surface area (Å²) < 4.78 is 13.0. The number of halogens is 1. The predicted molar refractivity (Wildman–Crippen MR) is 89.4 cm³/mol. The van der Waals surface area contributed by atoms with Crippen LogP contribution in [0, 0.1) is 15.9 Å². The van der Waals surface area contributed by atoms with Gasteiger partial charge in [-0.05, 0) is 29.8 Å². The van der Waals surface area contributed by atoms with Crippen molar-refractivity contribution < 1.29 is 18.9 Å². The van der Waals surface area contributed by atoms with Gasteiger partial charge in [-0.1, -0.05) is 12.1 Å². The number of non-ortho nitro benzene ring substituents is 1. The lowest BCUT2D eigenvalue weighted by Gasteiger charge is -2.18. The lowest BCUT2D eigenvalue weighted by molar-refractivity contribution is -0.384. The van der Waals surface area contributed by atoms with Gasteiger partial charge in [-0.3, -0.25) is 19.7 Å². The highest BCUT2D eigenvalue weighted by molar-refractivity contribution is 5.97. The average Bonchev–Trinajstić information content (AvgIpc) is 2.56. The van der Waals surface area contributed by atoms with Crippen molar-refractivity contribution in [2.24, 2.45) is 0 Å². The third-order valence-electron chi connectivity index (χ3n) is 3.39. The van der Waals surface area contributed by atoms with Gasteiger partial charge in [-0.25, -0.2) is 4.39 Å². The van der Waals surface area contributed by atoms with Crippen molar-refractivity contribution in [3.8, 4) is 0 Å². The Labute approximate surface area is 143 Å². The Kier molecular flexibility index (Phi) is 5.78. The number of nitro benzene ring substituents is 1. The summed E-state index contributed by atoms with van der Waals surface area (Å²) >= 11 is 0. The van der Waals surface area contributed by atoms with E-state index in [9.17, 15) is 24.1 Å². The van der Waals surface area contributed by atoms with Crippen molar-refractivity contribution in [2.45, 2.75) is 19.4 Å². The van der Waals surface area contributed by atoms with E-state index in [0.717, 1.165) is 0 Å². The van der Waals surface area contributed by atoms with E-state index < -0.39 is 22.7 Å². The Morgan fingerprint density at radius 3 is 2.24 bits per heavy atom. The molecule has 0 fully saturated rings. The van der Waals surface area contributed by atoms with Crippen LogP contribution < -0.4 is 10.6 Å². The Hall–Kier alpha value is -3.29. The minimum atomic E-state index is -0.863.